The quantitative estimate of drug-likeness (QED) is 0.783. The largest absolute Gasteiger partial charge is 0.334 e. The van der Waals surface area contributed by atoms with Gasteiger partial charge in [-0.15, -0.1) is 0 Å². The Morgan fingerprint density at radius 1 is 1.47 bits per heavy atom. The second-order valence-corrected chi connectivity index (χ2v) is 6.72. The molecule has 0 aliphatic heterocycles. The number of sulfonamides is 1. The highest BCUT2D eigenvalue weighted by molar-refractivity contribution is 7.89. The molecule has 0 amide bonds. The van der Waals surface area contributed by atoms with Crippen LogP contribution in [0.3, 0.4) is 0 Å². The van der Waals surface area contributed by atoms with Crippen LogP contribution < -0.4 is 10.5 Å². The van der Waals surface area contributed by atoms with Crippen molar-refractivity contribution in [2.75, 3.05) is 0 Å². The van der Waals surface area contributed by atoms with Crippen molar-refractivity contribution in [3.63, 3.8) is 0 Å². The summed E-state index contributed by atoms with van der Waals surface area (Å²) in [5.74, 6) is 0.710. The monoisotopic (exact) mass is 288 g/mol. The Bertz CT molecular complexity index is 508. The molecule has 0 aromatic carbocycles. The minimum absolute atomic E-state index is 0.0444. The van der Waals surface area contributed by atoms with Gasteiger partial charge in [0.2, 0.25) is 0 Å². The third-order valence-electron chi connectivity index (χ3n) is 2.78. The first-order valence-electron chi connectivity index (χ1n) is 6.58. The molecule has 1 aromatic rings. The molecule has 0 fully saturated rings. The number of hydrogen-bond donors (Lipinski definition) is 2. The molecule has 19 heavy (non-hydrogen) atoms. The molecule has 0 saturated carbocycles. The molecule has 110 valence electrons. The van der Waals surface area contributed by atoms with Gasteiger partial charge < -0.3 is 10.3 Å². The summed E-state index contributed by atoms with van der Waals surface area (Å²) in [6.45, 7) is 8.27. The molecule has 1 aromatic heterocycles. The van der Waals surface area contributed by atoms with Gasteiger partial charge in [-0.25, -0.2) is 18.1 Å². The van der Waals surface area contributed by atoms with E-state index >= 15 is 0 Å². The fourth-order valence-corrected chi connectivity index (χ4v) is 3.27. The van der Waals surface area contributed by atoms with Crippen LogP contribution in [-0.4, -0.2) is 30.1 Å². The van der Waals surface area contributed by atoms with Crippen LogP contribution in [0.15, 0.2) is 11.2 Å². The van der Waals surface area contributed by atoms with Gasteiger partial charge in [0.1, 0.15) is 5.82 Å². The first-order valence-corrected chi connectivity index (χ1v) is 8.06. The molecule has 0 bridgehead atoms. The molecule has 0 spiro atoms. The van der Waals surface area contributed by atoms with Crippen LogP contribution >= 0.6 is 0 Å². The van der Waals surface area contributed by atoms with Crippen LogP contribution in [-0.2, 0) is 16.6 Å². The summed E-state index contributed by atoms with van der Waals surface area (Å²) in [5.41, 5.74) is 5.66. The van der Waals surface area contributed by atoms with E-state index in [4.69, 9.17) is 5.73 Å². The van der Waals surface area contributed by atoms with Gasteiger partial charge in [-0.3, -0.25) is 0 Å². The summed E-state index contributed by atoms with van der Waals surface area (Å²) in [6.07, 6.45) is 3.11. The van der Waals surface area contributed by atoms with Gasteiger partial charge in [0.15, 0.2) is 5.03 Å². The molecule has 0 aliphatic rings. The van der Waals surface area contributed by atoms with Gasteiger partial charge >= 0.3 is 0 Å². The molecule has 6 nitrogen and oxygen atoms in total. The molecule has 1 heterocycles. The topological polar surface area (TPSA) is 90.0 Å². The van der Waals surface area contributed by atoms with Gasteiger partial charge in [-0.2, -0.15) is 0 Å². The average molecular weight is 288 g/mol. The van der Waals surface area contributed by atoms with E-state index in [9.17, 15) is 8.42 Å². The number of nitrogens with two attached hydrogens (primary N) is 1. The molecule has 0 saturated heterocycles. The third kappa shape index (κ3) is 4.59. The zero-order chi connectivity index (χ0) is 14.6. The summed E-state index contributed by atoms with van der Waals surface area (Å²) in [4.78, 5) is 4.11. The predicted octanol–water partition coefficient (Wildman–Crippen LogP) is 1.01. The first kappa shape index (κ1) is 16.1. The summed E-state index contributed by atoms with van der Waals surface area (Å²) < 4.78 is 28.8. The Morgan fingerprint density at radius 2 is 2.11 bits per heavy atom. The van der Waals surface area contributed by atoms with Gasteiger partial charge in [0.25, 0.3) is 10.0 Å². The fraction of sp³-hybridized carbons (Fsp3) is 0.750. The number of nitrogens with one attached hydrogen (secondary N) is 1. The smallest absolute Gasteiger partial charge is 0.259 e. The van der Waals surface area contributed by atoms with E-state index in [0.717, 1.165) is 13.0 Å². The third-order valence-corrected chi connectivity index (χ3v) is 4.24. The van der Waals surface area contributed by atoms with Crippen LogP contribution in [0.5, 0.6) is 0 Å². The minimum Gasteiger partial charge on any atom is -0.334 e. The highest BCUT2D eigenvalue weighted by atomic mass is 32.2. The Balaban J connectivity index is 2.85. The molecule has 1 rings (SSSR count). The molecule has 0 radical (unpaired) electrons. The number of hydrogen-bond acceptors (Lipinski definition) is 4. The molecule has 3 N–H and O–H groups in total. The SMILES string of the molecule is CCCn1cc(S(=O)(=O)NC(C)CC(C)N)nc1C. The highest BCUT2D eigenvalue weighted by Crippen LogP contribution is 2.11. The van der Waals surface area contributed by atoms with Gasteiger partial charge in [-0.05, 0) is 33.6 Å². The van der Waals surface area contributed by atoms with E-state index in [1.807, 2.05) is 18.4 Å². The lowest BCUT2D eigenvalue weighted by molar-refractivity contribution is 0.517. The van der Waals surface area contributed by atoms with Crippen LogP contribution in [0.25, 0.3) is 0 Å². The second kappa shape index (κ2) is 6.49. The number of nitrogens with zero attached hydrogens (tertiary/aromatic N) is 2. The van der Waals surface area contributed by atoms with Gasteiger partial charge in [0.05, 0.1) is 0 Å². The molecule has 0 aliphatic carbocycles. The second-order valence-electron chi connectivity index (χ2n) is 5.06. The zero-order valence-corrected chi connectivity index (χ0v) is 12.9. The highest BCUT2D eigenvalue weighted by Gasteiger charge is 2.21. The number of aryl methyl sites for hydroxylation is 2. The van der Waals surface area contributed by atoms with Crippen LogP contribution in [0, 0.1) is 6.92 Å². The Labute approximate surface area is 115 Å². The van der Waals surface area contributed by atoms with E-state index in [0.29, 0.717) is 12.2 Å². The molecular weight excluding hydrogens is 264 g/mol. The Kier molecular flexibility index (Phi) is 5.51. The van der Waals surface area contributed by atoms with Crippen molar-refractivity contribution in [3.05, 3.63) is 12.0 Å². The number of imidazole rings is 1. The van der Waals surface area contributed by atoms with Crippen molar-refractivity contribution in [2.24, 2.45) is 5.73 Å². The van der Waals surface area contributed by atoms with Crippen molar-refractivity contribution in [3.8, 4) is 0 Å². The first-order chi connectivity index (χ1) is 8.76. The van der Waals surface area contributed by atoms with Crippen LogP contribution in [0.4, 0.5) is 0 Å². The zero-order valence-electron chi connectivity index (χ0n) is 12.0. The summed E-state index contributed by atoms with van der Waals surface area (Å²) in [5, 5.41) is 0.0787. The number of rotatable bonds is 7. The van der Waals surface area contributed by atoms with E-state index in [2.05, 4.69) is 9.71 Å². The maximum Gasteiger partial charge on any atom is 0.259 e. The van der Waals surface area contributed by atoms with Crippen molar-refractivity contribution in [1.82, 2.24) is 14.3 Å². The van der Waals surface area contributed by atoms with E-state index < -0.39 is 10.0 Å². The van der Waals surface area contributed by atoms with Crippen LogP contribution in [0.1, 0.15) is 39.4 Å². The van der Waals surface area contributed by atoms with E-state index in [1.165, 1.54) is 0 Å². The normalized spacial score (nSPS) is 15.4. The Hall–Kier alpha value is -0.920. The molecule has 7 heteroatoms. The lowest BCUT2D eigenvalue weighted by Gasteiger charge is -2.14. The summed E-state index contributed by atoms with van der Waals surface area (Å²) >= 11 is 0. The fourth-order valence-electron chi connectivity index (χ4n) is 2.01. The van der Waals surface area contributed by atoms with Crippen LogP contribution in [0.2, 0.25) is 0 Å². The predicted molar refractivity (Wildman–Crippen MR) is 75.3 cm³/mol. The molecule has 2 unspecified atom stereocenters. The summed E-state index contributed by atoms with van der Waals surface area (Å²) in [6, 6.07) is -0.251. The van der Waals surface area contributed by atoms with Gasteiger partial charge in [0, 0.05) is 24.8 Å². The van der Waals surface area contributed by atoms with Crippen molar-refractivity contribution >= 4 is 10.0 Å². The lowest BCUT2D eigenvalue weighted by atomic mass is 10.1. The van der Waals surface area contributed by atoms with Crippen molar-refractivity contribution in [2.45, 2.75) is 64.2 Å². The minimum atomic E-state index is -3.56. The standard InChI is InChI=1S/C12H24N4O2S/c1-5-6-16-8-12(14-11(16)4)19(17,18)15-10(3)7-9(2)13/h8-10,15H,5-7,13H2,1-4H3. The molecular formula is C12H24N4O2S. The lowest BCUT2D eigenvalue weighted by Crippen LogP contribution is -2.36. The maximum atomic E-state index is 12.2. The Morgan fingerprint density at radius 3 is 2.63 bits per heavy atom. The molecule has 2 atom stereocenters. The summed E-state index contributed by atoms with van der Waals surface area (Å²) in [7, 11) is -3.56. The number of aromatic nitrogens is 2. The van der Waals surface area contributed by atoms with Crippen molar-refractivity contribution in [1.29, 1.82) is 0 Å². The van der Waals surface area contributed by atoms with Crippen molar-refractivity contribution < 1.29 is 8.42 Å². The maximum absolute atomic E-state index is 12.2. The average Bonchev–Trinajstić information content (AvgIpc) is 2.59. The van der Waals surface area contributed by atoms with Gasteiger partial charge in [-0.1, -0.05) is 6.92 Å². The van der Waals surface area contributed by atoms with E-state index in [-0.39, 0.29) is 17.1 Å². The van der Waals surface area contributed by atoms with E-state index in [1.54, 1.807) is 20.0 Å².